The summed E-state index contributed by atoms with van der Waals surface area (Å²) in [4.78, 5) is 57.3. The van der Waals surface area contributed by atoms with Gasteiger partial charge in [-0.25, -0.2) is 23.4 Å². The normalized spacial score (nSPS) is 16.2. The van der Waals surface area contributed by atoms with Crippen LogP contribution in [0.2, 0.25) is 25.1 Å². The van der Waals surface area contributed by atoms with Gasteiger partial charge in [0.1, 0.15) is 0 Å². The van der Waals surface area contributed by atoms with E-state index in [9.17, 15) is 29.1 Å². The molecule has 5 aliphatic carbocycles. The summed E-state index contributed by atoms with van der Waals surface area (Å²) in [5.74, 6) is -0.757. The van der Waals surface area contributed by atoms with E-state index >= 15 is 0 Å². The molecule has 26 heteroatoms. The number of carbonyl (C=O) groups excluding carboxylic acids is 4. The first-order valence-electron chi connectivity index (χ1n) is 32.9. The van der Waals surface area contributed by atoms with E-state index in [1.165, 1.54) is 122 Å². The van der Waals surface area contributed by atoms with Crippen molar-refractivity contribution in [2.75, 3.05) is 21.3 Å². The number of hydrogen-bond acceptors (Lipinski definition) is 12. The predicted molar refractivity (Wildman–Crippen MR) is 431 cm³/mol. The molecule has 0 bridgehead atoms. The fourth-order valence-corrected chi connectivity index (χ4v) is 14.9. The molecule has 2 N–H and O–H groups in total. The summed E-state index contributed by atoms with van der Waals surface area (Å²) in [6.07, 6.45) is 31.7. The van der Waals surface area contributed by atoms with Gasteiger partial charge in [-0.2, -0.15) is 0 Å². The summed E-state index contributed by atoms with van der Waals surface area (Å²) in [5, 5.41) is 10.9. The van der Waals surface area contributed by atoms with Crippen LogP contribution in [0.3, 0.4) is 0 Å². The SMILES string of the molecule is C.C.C.CC1(C)OB(C2=CCCCC2)OC1(C)C.COC(=O)c1c(Cl)cccc1Br.COC(=O)c1c(Cl)cccc1C1=CCCCC1.COC(=O)c1c(Cl)cccc1C1CCCCC1.O=C(Cl)c1c(Cl)cccc1C1CCCCC1.O=C(O)c1c(Cl)cccc1C1CCCCC1.O=S(Cl)Cl.[CH3-].[Na+].[OH-].[Pd]. The maximum atomic E-state index is 11.8. The monoisotopic (exact) mass is 1780 g/mol. The number of carboxylic acid groups (broad SMARTS) is 1. The Morgan fingerprint density at radius 1 is 0.500 bits per heavy atom. The molecule has 3 saturated carbocycles. The Bertz CT molecular complexity index is 3430. The third-order valence-corrected chi connectivity index (χ3v) is 20.8. The van der Waals surface area contributed by atoms with Gasteiger partial charge in [0, 0.05) is 46.3 Å². The van der Waals surface area contributed by atoms with Crippen molar-refractivity contribution in [3.63, 3.8) is 0 Å². The number of allylic oxidation sites excluding steroid dienone is 4. The predicted octanol–water partition coefficient (Wildman–Crippen LogP) is 23.3. The van der Waals surface area contributed by atoms with Crippen molar-refractivity contribution in [2.24, 2.45) is 0 Å². The quantitative estimate of drug-likeness (QED) is 0.0456. The summed E-state index contributed by atoms with van der Waals surface area (Å²) in [6.45, 7) is 8.43. The van der Waals surface area contributed by atoms with Crippen molar-refractivity contribution < 1.29 is 112 Å². The van der Waals surface area contributed by atoms with Gasteiger partial charge in [0.2, 0.25) is 9.23 Å². The van der Waals surface area contributed by atoms with Gasteiger partial charge in [-0.05, 0) is 233 Å². The topological polar surface area (TPSA) is 199 Å². The molecule has 0 unspecified atom stereocenters. The number of methoxy groups -OCH3 is 3. The number of esters is 3. The van der Waals surface area contributed by atoms with Gasteiger partial charge in [-0.3, -0.25) is 4.79 Å². The molecule has 6 aliphatic rings. The van der Waals surface area contributed by atoms with E-state index in [0.717, 1.165) is 80.0 Å². The smallest absolute Gasteiger partial charge is 0.870 e. The third-order valence-electron chi connectivity index (χ3n) is 18.3. The Balaban J connectivity index is -0.00000115. The van der Waals surface area contributed by atoms with Crippen LogP contribution in [0.5, 0.6) is 0 Å². The van der Waals surface area contributed by atoms with Gasteiger partial charge in [0.15, 0.2) is 0 Å². The van der Waals surface area contributed by atoms with Crippen LogP contribution >= 0.6 is 107 Å². The van der Waals surface area contributed by atoms with Crippen LogP contribution in [0.25, 0.3) is 5.57 Å². The van der Waals surface area contributed by atoms with Gasteiger partial charge < -0.3 is 41.5 Å². The third kappa shape index (κ3) is 32.6. The molecule has 0 aromatic heterocycles. The molecule has 0 atom stereocenters. The molecule has 5 aromatic rings. The molecule has 1 heterocycles. The molecular weight excluding hydrogens is 1680 g/mol. The fraction of sp³-hybridized carbons (Fsp3) is 0.487. The van der Waals surface area contributed by atoms with Crippen LogP contribution in [-0.2, 0) is 53.2 Å². The van der Waals surface area contributed by atoms with Crippen molar-refractivity contribution in [2.45, 2.75) is 227 Å². The largest absolute Gasteiger partial charge is 1.00 e. The number of aromatic carboxylic acids is 1. The Morgan fingerprint density at radius 2 is 0.827 bits per heavy atom. The van der Waals surface area contributed by atoms with Gasteiger partial charge in [0.25, 0.3) is 5.24 Å². The maximum Gasteiger partial charge on any atom is 1.00 e. The summed E-state index contributed by atoms with van der Waals surface area (Å²) in [6, 6.07) is 27.3. The van der Waals surface area contributed by atoms with Gasteiger partial charge in [-0.1, -0.05) is 205 Å². The van der Waals surface area contributed by atoms with E-state index in [1.807, 2.05) is 48.5 Å². The summed E-state index contributed by atoms with van der Waals surface area (Å²) < 4.78 is 35.9. The molecule has 1 saturated heterocycles. The first kappa shape index (κ1) is 106. The Labute approximate surface area is 706 Å². The van der Waals surface area contributed by atoms with E-state index in [4.69, 9.17) is 92.6 Å². The van der Waals surface area contributed by atoms with Gasteiger partial charge in [-0.15, -0.1) is 0 Å². The second-order valence-electron chi connectivity index (χ2n) is 25.2. The van der Waals surface area contributed by atoms with Crippen molar-refractivity contribution in [3.05, 3.63) is 196 Å². The second-order valence-corrected chi connectivity index (χ2v) is 31.0. The van der Waals surface area contributed by atoms with Crippen molar-refractivity contribution >= 4 is 158 Å². The number of ether oxygens (including phenoxy) is 3. The van der Waals surface area contributed by atoms with Gasteiger partial charge in [0.05, 0.1) is 85.5 Å². The second kappa shape index (κ2) is 54.3. The van der Waals surface area contributed by atoms with E-state index in [2.05, 4.69) is 81.9 Å². The molecule has 104 heavy (non-hydrogen) atoms. The molecule has 0 radical (unpaired) electrons. The molecule has 5 aromatic carbocycles. The number of halogens is 9. The minimum absolute atomic E-state index is 0. The van der Waals surface area contributed by atoms with Gasteiger partial charge >= 0.3 is 60.6 Å². The summed E-state index contributed by atoms with van der Waals surface area (Å²) in [7, 11) is 11.4. The zero-order valence-electron chi connectivity index (χ0n) is 58.9. The molecule has 13 nitrogen and oxygen atoms in total. The minimum Gasteiger partial charge on any atom is -0.870 e. The Kier molecular flexibility index (Phi) is 55.3. The number of carboxylic acids is 1. The Hall–Kier alpha value is -2.31. The van der Waals surface area contributed by atoms with Crippen LogP contribution in [0, 0.1) is 7.43 Å². The molecular formula is C78H104BBrCl8NaO13PdS-. The number of rotatable bonds is 10. The minimum atomic E-state index is -1.67. The maximum absolute atomic E-state index is 11.8. The molecule has 4 fully saturated rings. The number of carbonyl (C=O) groups is 5. The molecule has 11 rings (SSSR count). The molecule has 578 valence electrons. The average Bonchev–Trinajstić information content (AvgIpc) is 1.62. The zero-order chi connectivity index (χ0) is 71.4. The van der Waals surface area contributed by atoms with Crippen LogP contribution in [0.4, 0.5) is 0 Å². The zero-order valence-corrected chi connectivity index (χ0v) is 70.9. The standard InChI is InChI=1S/C14H17ClO2.C14H15ClO2.C13H14Cl2O.C13H15ClO2.C12H21BO2.C8H6BrClO2.3CH4.CH3.Cl2OS.Na.H2O.Pd/c2*1-17-14(16)13-11(8-5-9-12(13)15)10-6-3-2-4-7-10;2*14-11-8-4-7-10(12(11)13(15)16)9-5-2-1-3-6-9;1-11(2)12(3,4)15-13(14-11)10-8-6-5-7-9-10;1-12-8(11)7-5(9)3-2-4-6(7)10;;;;;1-4(2)3;;;/h5,8-10H,2-4,6-7H2,1H3;5-6,8-9H,2-4,7H2,1H3;4,7-9H,1-3,5-6H2;4,7-9H,1-3,5-6H2,(H,15,16);8H,5-7,9H2,1-4H3;2-4H,1H3;3*1H4;1H3;;;1H2;/q;;;;;;;;;-1;;+1;;/p-1. The average molecular weight is 1790 g/mol. The van der Waals surface area contributed by atoms with Crippen LogP contribution in [0.15, 0.2) is 113 Å². The van der Waals surface area contributed by atoms with Crippen molar-refractivity contribution in [1.82, 2.24) is 0 Å². The molecule has 0 spiro atoms. The van der Waals surface area contributed by atoms with Crippen LogP contribution in [-0.4, -0.2) is 83.6 Å². The first-order valence-corrected chi connectivity index (χ1v) is 38.8. The summed E-state index contributed by atoms with van der Waals surface area (Å²) in [5.41, 5.74) is 8.31. The number of hydrogen-bond donors (Lipinski definition) is 1. The molecule has 0 amide bonds. The van der Waals surface area contributed by atoms with E-state index in [-0.39, 0.29) is 115 Å². The van der Waals surface area contributed by atoms with E-state index < -0.39 is 26.4 Å². The van der Waals surface area contributed by atoms with Crippen LogP contribution in [0.1, 0.15) is 289 Å². The summed E-state index contributed by atoms with van der Waals surface area (Å²) >= 11 is 38.8. The van der Waals surface area contributed by atoms with Crippen molar-refractivity contribution in [1.29, 1.82) is 0 Å². The van der Waals surface area contributed by atoms with Crippen molar-refractivity contribution in [3.8, 4) is 0 Å². The Morgan fingerprint density at radius 3 is 1.19 bits per heavy atom. The molecule has 1 aliphatic heterocycles. The number of benzene rings is 5. The van der Waals surface area contributed by atoms with Crippen LogP contribution < -0.4 is 29.6 Å². The fourth-order valence-electron chi connectivity index (χ4n) is 12.7. The van der Waals surface area contributed by atoms with E-state index in [1.54, 1.807) is 42.5 Å². The first-order chi connectivity index (χ1) is 46.2. The van der Waals surface area contributed by atoms with E-state index in [0.29, 0.717) is 75.2 Å².